The first kappa shape index (κ1) is 22.7. The molecule has 1 heterocycles. The number of hydrogen-bond acceptors (Lipinski definition) is 5. The fourth-order valence-electron chi connectivity index (χ4n) is 3.71. The first-order valence-electron chi connectivity index (χ1n) is 10.6. The van der Waals surface area contributed by atoms with Gasteiger partial charge in [-0.05, 0) is 62.2 Å². The van der Waals surface area contributed by atoms with Crippen molar-refractivity contribution in [2.45, 2.75) is 31.7 Å². The van der Waals surface area contributed by atoms with Crippen molar-refractivity contribution in [3.05, 3.63) is 82.9 Å². The van der Waals surface area contributed by atoms with E-state index >= 15 is 0 Å². The molecule has 1 unspecified atom stereocenters. The number of anilines is 1. The highest BCUT2D eigenvalue weighted by atomic mass is 32.2. The Morgan fingerprint density at radius 1 is 0.939 bits per heavy atom. The van der Waals surface area contributed by atoms with Crippen LogP contribution in [0, 0.1) is 13.8 Å². The molecule has 0 bridgehead atoms. The van der Waals surface area contributed by atoms with E-state index in [4.69, 9.17) is 9.47 Å². The summed E-state index contributed by atoms with van der Waals surface area (Å²) in [5.41, 5.74) is 3.90. The van der Waals surface area contributed by atoms with Crippen LogP contribution in [-0.4, -0.2) is 27.5 Å². The number of carbonyl (C=O) groups excluding carboxylic acids is 1. The average molecular weight is 467 g/mol. The number of sulfonamides is 1. The lowest BCUT2D eigenvalue weighted by Crippen LogP contribution is -2.27. The molecule has 0 saturated carbocycles. The van der Waals surface area contributed by atoms with Gasteiger partial charge in [0.25, 0.3) is 15.9 Å². The van der Waals surface area contributed by atoms with E-state index in [0.29, 0.717) is 30.3 Å². The summed E-state index contributed by atoms with van der Waals surface area (Å²) in [4.78, 5) is 12.9. The van der Waals surface area contributed by atoms with Crippen molar-refractivity contribution in [1.29, 1.82) is 0 Å². The van der Waals surface area contributed by atoms with Crippen LogP contribution in [0.5, 0.6) is 11.5 Å². The van der Waals surface area contributed by atoms with Gasteiger partial charge in [0.15, 0.2) is 11.5 Å². The van der Waals surface area contributed by atoms with Gasteiger partial charge >= 0.3 is 0 Å². The van der Waals surface area contributed by atoms with Crippen molar-refractivity contribution in [3.63, 3.8) is 0 Å². The highest BCUT2D eigenvalue weighted by molar-refractivity contribution is 7.92. The Labute approximate surface area is 193 Å². The molecular weight excluding hydrogens is 440 g/mol. The summed E-state index contributed by atoms with van der Waals surface area (Å²) in [6.45, 7) is 6.73. The molecule has 4 rings (SSSR count). The van der Waals surface area contributed by atoms with Crippen LogP contribution in [0.4, 0.5) is 5.69 Å². The van der Waals surface area contributed by atoms with E-state index in [9.17, 15) is 13.2 Å². The molecule has 1 atom stereocenters. The Kier molecular flexibility index (Phi) is 6.29. The summed E-state index contributed by atoms with van der Waals surface area (Å²) < 4.78 is 39.2. The summed E-state index contributed by atoms with van der Waals surface area (Å²) in [5.74, 6) is 0.610. The third kappa shape index (κ3) is 5.12. The SMILES string of the molecule is Cc1ccc(C)c(C(C)NC(=O)c2cccc(NS(=O)(=O)c3ccc4c(c3)OCCO4)c2)c1. The minimum Gasteiger partial charge on any atom is -0.486 e. The number of hydrogen-bond donors (Lipinski definition) is 2. The van der Waals surface area contributed by atoms with Crippen molar-refractivity contribution in [3.8, 4) is 11.5 Å². The molecule has 0 radical (unpaired) electrons. The molecule has 0 fully saturated rings. The molecule has 8 heteroatoms. The van der Waals surface area contributed by atoms with Crippen molar-refractivity contribution in [1.82, 2.24) is 5.32 Å². The molecule has 3 aromatic carbocycles. The topological polar surface area (TPSA) is 93.7 Å². The van der Waals surface area contributed by atoms with Crippen LogP contribution in [0.2, 0.25) is 0 Å². The summed E-state index contributed by atoms with van der Waals surface area (Å²) in [5, 5.41) is 2.99. The van der Waals surface area contributed by atoms with Crippen LogP contribution in [0.15, 0.2) is 65.6 Å². The van der Waals surface area contributed by atoms with E-state index in [1.165, 1.54) is 18.2 Å². The summed E-state index contributed by atoms with van der Waals surface area (Å²) >= 11 is 0. The monoisotopic (exact) mass is 466 g/mol. The van der Waals surface area contributed by atoms with Gasteiger partial charge < -0.3 is 14.8 Å². The smallest absolute Gasteiger partial charge is 0.262 e. The molecule has 3 aromatic rings. The molecule has 0 aliphatic carbocycles. The van der Waals surface area contributed by atoms with Gasteiger partial charge in [0.1, 0.15) is 13.2 Å². The number of benzene rings is 3. The van der Waals surface area contributed by atoms with Crippen LogP contribution in [-0.2, 0) is 10.0 Å². The molecule has 2 N–H and O–H groups in total. The highest BCUT2D eigenvalue weighted by Crippen LogP contribution is 2.32. The molecule has 172 valence electrons. The van der Waals surface area contributed by atoms with Crippen molar-refractivity contribution in [2.24, 2.45) is 0 Å². The van der Waals surface area contributed by atoms with Gasteiger partial charge in [-0.3, -0.25) is 9.52 Å². The van der Waals surface area contributed by atoms with Crippen molar-refractivity contribution < 1.29 is 22.7 Å². The standard InChI is InChI=1S/C25H26N2O5S/c1-16-7-8-17(2)22(13-16)18(3)26-25(28)19-5-4-6-20(14-19)27-33(29,30)21-9-10-23-24(15-21)32-12-11-31-23/h4-10,13-15,18,27H,11-12H2,1-3H3,(H,26,28). The summed E-state index contributed by atoms with van der Waals surface area (Å²) in [6.07, 6.45) is 0. The number of nitrogens with one attached hydrogen (secondary N) is 2. The predicted octanol–water partition coefficient (Wildman–Crippen LogP) is 4.37. The average Bonchev–Trinajstić information content (AvgIpc) is 2.80. The Morgan fingerprint density at radius 3 is 2.48 bits per heavy atom. The van der Waals surface area contributed by atoms with E-state index in [1.807, 2.05) is 32.9 Å². The normalized spacial score (nSPS) is 13.8. The van der Waals surface area contributed by atoms with Gasteiger partial charge in [0, 0.05) is 17.3 Å². The molecule has 1 amide bonds. The van der Waals surface area contributed by atoms with Gasteiger partial charge in [0.05, 0.1) is 10.9 Å². The van der Waals surface area contributed by atoms with Crippen LogP contribution in [0.3, 0.4) is 0 Å². The third-order valence-corrected chi connectivity index (χ3v) is 6.83. The molecule has 33 heavy (non-hydrogen) atoms. The molecule has 0 saturated heterocycles. The number of rotatable bonds is 6. The lowest BCUT2D eigenvalue weighted by atomic mass is 9.99. The number of ether oxygens (including phenoxy) is 2. The fraction of sp³-hybridized carbons (Fsp3) is 0.240. The van der Waals surface area contributed by atoms with Crippen molar-refractivity contribution in [2.75, 3.05) is 17.9 Å². The Hall–Kier alpha value is -3.52. The van der Waals surface area contributed by atoms with E-state index in [0.717, 1.165) is 16.7 Å². The lowest BCUT2D eigenvalue weighted by molar-refractivity contribution is 0.0940. The van der Waals surface area contributed by atoms with E-state index < -0.39 is 10.0 Å². The lowest BCUT2D eigenvalue weighted by Gasteiger charge is -2.19. The quantitative estimate of drug-likeness (QED) is 0.563. The van der Waals surface area contributed by atoms with Crippen LogP contribution < -0.4 is 19.5 Å². The van der Waals surface area contributed by atoms with Gasteiger partial charge in [-0.2, -0.15) is 0 Å². The molecular formula is C25H26N2O5S. The highest BCUT2D eigenvalue weighted by Gasteiger charge is 2.20. The largest absolute Gasteiger partial charge is 0.486 e. The maximum absolute atomic E-state index is 12.9. The second-order valence-corrected chi connectivity index (χ2v) is 9.73. The fourth-order valence-corrected chi connectivity index (χ4v) is 4.78. The van der Waals surface area contributed by atoms with E-state index in [1.54, 1.807) is 24.3 Å². The van der Waals surface area contributed by atoms with Gasteiger partial charge in [-0.1, -0.05) is 29.8 Å². The van der Waals surface area contributed by atoms with Crippen molar-refractivity contribution >= 4 is 21.6 Å². The van der Waals surface area contributed by atoms with E-state index in [-0.39, 0.29) is 22.5 Å². The summed E-state index contributed by atoms with van der Waals surface area (Å²) in [6, 6.07) is 16.8. The van der Waals surface area contributed by atoms with Crippen LogP contribution in [0.25, 0.3) is 0 Å². The van der Waals surface area contributed by atoms with Crippen LogP contribution >= 0.6 is 0 Å². The second kappa shape index (κ2) is 9.15. The summed E-state index contributed by atoms with van der Waals surface area (Å²) in [7, 11) is -3.88. The minimum absolute atomic E-state index is 0.0464. The van der Waals surface area contributed by atoms with Crippen LogP contribution in [0.1, 0.15) is 40.0 Å². The number of amides is 1. The Balaban J connectivity index is 1.50. The molecule has 7 nitrogen and oxygen atoms in total. The number of fused-ring (bicyclic) bond motifs is 1. The number of aryl methyl sites for hydroxylation is 2. The van der Waals surface area contributed by atoms with Gasteiger partial charge in [0.2, 0.25) is 0 Å². The third-order valence-electron chi connectivity index (χ3n) is 5.45. The molecule has 0 aromatic heterocycles. The number of carbonyl (C=O) groups is 1. The molecule has 0 spiro atoms. The maximum atomic E-state index is 12.9. The maximum Gasteiger partial charge on any atom is 0.262 e. The second-order valence-electron chi connectivity index (χ2n) is 8.05. The zero-order chi connectivity index (χ0) is 23.6. The first-order chi connectivity index (χ1) is 15.7. The first-order valence-corrected chi connectivity index (χ1v) is 12.1. The Morgan fingerprint density at radius 2 is 1.70 bits per heavy atom. The molecule has 1 aliphatic heterocycles. The zero-order valence-electron chi connectivity index (χ0n) is 18.7. The minimum atomic E-state index is -3.88. The van der Waals surface area contributed by atoms with E-state index in [2.05, 4.69) is 16.1 Å². The van der Waals surface area contributed by atoms with Gasteiger partial charge in [-0.25, -0.2) is 8.42 Å². The zero-order valence-corrected chi connectivity index (χ0v) is 19.5. The molecule has 1 aliphatic rings. The Bertz CT molecular complexity index is 1300. The van der Waals surface area contributed by atoms with Gasteiger partial charge in [-0.15, -0.1) is 0 Å². The predicted molar refractivity (Wildman–Crippen MR) is 126 cm³/mol.